The van der Waals surface area contributed by atoms with Gasteiger partial charge in [-0.3, -0.25) is 4.79 Å². The molecule has 0 aliphatic carbocycles. The number of nitrogens with zero attached hydrogens (tertiary/aromatic N) is 2. The second-order valence-electron chi connectivity index (χ2n) is 7.04. The molecule has 0 atom stereocenters. The fourth-order valence-electron chi connectivity index (χ4n) is 3.17. The summed E-state index contributed by atoms with van der Waals surface area (Å²) >= 11 is 1.54. The molecule has 0 saturated heterocycles. The summed E-state index contributed by atoms with van der Waals surface area (Å²) in [6.07, 6.45) is -4.27. The van der Waals surface area contributed by atoms with E-state index in [0.29, 0.717) is 23.8 Å². The van der Waals surface area contributed by atoms with Crippen LogP contribution in [0.2, 0.25) is 0 Å². The van der Waals surface area contributed by atoms with Crippen molar-refractivity contribution in [2.45, 2.75) is 19.1 Å². The summed E-state index contributed by atoms with van der Waals surface area (Å²) in [7, 11) is 0. The van der Waals surface area contributed by atoms with Crippen molar-refractivity contribution in [3.05, 3.63) is 77.2 Å². The molecule has 5 nitrogen and oxygen atoms in total. The Morgan fingerprint density at radius 1 is 1.00 bits per heavy atom. The summed E-state index contributed by atoms with van der Waals surface area (Å²) in [5, 5.41) is 8.65. The van der Waals surface area contributed by atoms with Gasteiger partial charge in [0.1, 0.15) is 5.82 Å². The van der Waals surface area contributed by atoms with Crippen LogP contribution in [0.1, 0.15) is 17.5 Å². The SMILES string of the molecule is O=C(CCNc1nc(-c2cccs2)nc2ccccc12)NCc1cccc(C(F)(F)F)c1. The molecule has 0 saturated carbocycles. The molecule has 0 spiro atoms. The van der Waals surface area contributed by atoms with E-state index in [-0.39, 0.29) is 18.9 Å². The molecule has 0 unspecified atom stereocenters. The maximum absolute atomic E-state index is 12.8. The Kier molecular flexibility index (Phi) is 6.36. The summed E-state index contributed by atoms with van der Waals surface area (Å²) in [4.78, 5) is 22.4. The second-order valence-corrected chi connectivity index (χ2v) is 7.99. The molecule has 0 aliphatic heterocycles. The normalized spacial score (nSPS) is 11.5. The third kappa shape index (κ3) is 5.23. The van der Waals surface area contributed by atoms with Gasteiger partial charge in [0.15, 0.2) is 5.82 Å². The lowest BCUT2D eigenvalue weighted by molar-refractivity contribution is -0.137. The number of thiophene rings is 1. The van der Waals surface area contributed by atoms with Crippen LogP contribution < -0.4 is 10.6 Å². The van der Waals surface area contributed by atoms with Crippen LogP contribution in [0.15, 0.2) is 66.0 Å². The van der Waals surface area contributed by atoms with E-state index in [2.05, 4.69) is 20.6 Å². The number of hydrogen-bond acceptors (Lipinski definition) is 5. The van der Waals surface area contributed by atoms with Gasteiger partial charge in [0.2, 0.25) is 5.91 Å². The molecular formula is C23H19F3N4OS. The Morgan fingerprint density at radius 3 is 2.62 bits per heavy atom. The lowest BCUT2D eigenvalue weighted by Crippen LogP contribution is -2.25. The molecule has 32 heavy (non-hydrogen) atoms. The van der Waals surface area contributed by atoms with Gasteiger partial charge in [-0.1, -0.05) is 30.3 Å². The standard InChI is InChI=1S/C23H19F3N4OS/c24-23(25,26)16-6-3-5-15(13-16)14-28-20(31)10-11-27-21-17-7-1-2-8-18(17)29-22(30-21)19-9-4-12-32-19/h1-9,12-13H,10-11,14H2,(H,28,31)(H,27,29,30). The molecule has 2 aromatic heterocycles. The lowest BCUT2D eigenvalue weighted by Gasteiger charge is -2.11. The average molecular weight is 456 g/mol. The smallest absolute Gasteiger partial charge is 0.369 e. The topological polar surface area (TPSA) is 66.9 Å². The number of alkyl halides is 3. The Bertz CT molecular complexity index is 1230. The van der Waals surface area contributed by atoms with Crippen LogP contribution in [-0.4, -0.2) is 22.4 Å². The van der Waals surface area contributed by atoms with Gasteiger partial charge < -0.3 is 10.6 Å². The Morgan fingerprint density at radius 2 is 1.84 bits per heavy atom. The molecule has 9 heteroatoms. The molecule has 0 aliphatic rings. The Balaban J connectivity index is 1.38. The molecule has 4 aromatic rings. The van der Waals surface area contributed by atoms with E-state index in [1.54, 1.807) is 17.4 Å². The quantitative estimate of drug-likeness (QED) is 0.386. The summed E-state index contributed by atoms with van der Waals surface area (Å²) in [6, 6.07) is 16.4. The van der Waals surface area contributed by atoms with Crippen molar-refractivity contribution in [2.75, 3.05) is 11.9 Å². The summed E-state index contributed by atoms with van der Waals surface area (Å²) in [6.45, 7) is 0.348. The number of para-hydroxylation sites is 1. The average Bonchev–Trinajstić information content (AvgIpc) is 3.32. The minimum absolute atomic E-state index is 0.0295. The van der Waals surface area contributed by atoms with Gasteiger partial charge >= 0.3 is 6.18 Å². The first kappa shape index (κ1) is 21.8. The van der Waals surface area contributed by atoms with Gasteiger partial charge in [-0.2, -0.15) is 13.2 Å². The first-order valence-corrected chi connectivity index (χ1v) is 10.8. The first-order valence-electron chi connectivity index (χ1n) is 9.87. The minimum atomic E-state index is -4.41. The molecule has 0 bridgehead atoms. The van der Waals surface area contributed by atoms with E-state index in [1.807, 2.05) is 41.8 Å². The largest absolute Gasteiger partial charge is 0.416 e. The van der Waals surface area contributed by atoms with Crippen molar-refractivity contribution in [2.24, 2.45) is 0 Å². The maximum Gasteiger partial charge on any atom is 0.416 e. The highest BCUT2D eigenvalue weighted by atomic mass is 32.1. The molecule has 0 fully saturated rings. The number of halogens is 3. The number of amides is 1. The predicted octanol–water partition coefficient (Wildman–Crippen LogP) is 5.50. The van der Waals surface area contributed by atoms with Crippen molar-refractivity contribution >= 4 is 34.0 Å². The highest BCUT2D eigenvalue weighted by Gasteiger charge is 2.30. The molecule has 2 aromatic carbocycles. The number of rotatable bonds is 7. The second kappa shape index (κ2) is 9.35. The van der Waals surface area contributed by atoms with Crippen molar-refractivity contribution in [1.29, 1.82) is 0 Å². The number of aromatic nitrogens is 2. The zero-order valence-electron chi connectivity index (χ0n) is 16.8. The van der Waals surface area contributed by atoms with Gasteiger partial charge in [-0.05, 0) is 41.3 Å². The highest BCUT2D eigenvalue weighted by molar-refractivity contribution is 7.13. The first-order chi connectivity index (χ1) is 15.4. The zero-order valence-corrected chi connectivity index (χ0v) is 17.6. The monoisotopic (exact) mass is 456 g/mol. The van der Waals surface area contributed by atoms with E-state index in [4.69, 9.17) is 0 Å². The van der Waals surface area contributed by atoms with Crippen molar-refractivity contribution in [3.63, 3.8) is 0 Å². The van der Waals surface area contributed by atoms with Gasteiger partial charge in [0.05, 0.1) is 16.0 Å². The number of carbonyl (C=O) groups excluding carboxylic acids is 1. The van der Waals surface area contributed by atoms with E-state index in [0.717, 1.165) is 27.9 Å². The van der Waals surface area contributed by atoms with Crippen LogP contribution in [0.3, 0.4) is 0 Å². The summed E-state index contributed by atoms with van der Waals surface area (Å²) in [5.74, 6) is 0.964. The van der Waals surface area contributed by atoms with Gasteiger partial charge in [-0.15, -0.1) is 11.3 Å². The molecular weight excluding hydrogens is 437 g/mol. The Hall–Kier alpha value is -3.46. The van der Waals surface area contributed by atoms with Crippen LogP contribution >= 0.6 is 11.3 Å². The number of fused-ring (bicyclic) bond motifs is 1. The van der Waals surface area contributed by atoms with Gasteiger partial charge in [-0.25, -0.2) is 9.97 Å². The molecule has 0 radical (unpaired) electrons. The highest BCUT2D eigenvalue weighted by Crippen LogP contribution is 2.29. The fraction of sp³-hybridized carbons (Fsp3) is 0.174. The van der Waals surface area contributed by atoms with E-state index >= 15 is 0 Å². The van der Waals surface area contributed by atoms with E-state index < -0.39 is 11.7 Å². The van der Waals surface area contributed by atoms with Crippen molar-refractivity contribution in [1.82, 2.24) is 15.3 Å². The molecule has 164 valence electrons. The lowest BCUT2D eigenvalue weighted by atomic mass is 10.1. The van der Waals surface area contributed by atoms with E-state index in [9.17, 15) is 18.0 Å². The van der Waals surface area contributed by atoms with Crippen LogP contribution in [0.5, 0.6) is 0 Å². The zero-order chi connectivity index (χ0) is 22.6. The van der Waals surface area contributed by atoms with Crippen LogP contribution in [0.25, 0.3) is 21.6 Å². The van der Waals surface area contributed by atoms with Crippen LogP contribution in [0.4, 0.5) is 19.0 Å². The van der Waals surface area contributed by atoms with Crippen molar-refractivity contribution < 1.29 is 18.0 Å². The Labute approximate surface area is 186 Å². The molecule has 1 amide bonds. The van der Waals surface area contributed by atoms with Crippen molar-refractivity contribution in [3.8, 4) is 10.7 Å². The number of hydrogen-bond donors (Lipinski definition) is 2. The van der Waals surface area contributed by atoms with Crippen LogP contribution in [-0.2, 0) is 17.5 Å². The molecule has 2 N–H and O–H groups in total. The summed E-state index contributed by atoms with van der Waals surface area (Å²) in [5.41, 5.74) is 0.453. The third-order valence-electron chi connectivity index (χ3n) is 4.73. The summed E-state index contributed by atoms with van der Waals surface area (Å²) < 4.78 is 38.5. The number of nitrogens with one attached hydrogen (secondary N) is 2. The van der Waals surface area contributed by atoms with Gasteiger partial charge in [0.25, 0.3) is 0 Å². The number of anilines is 1. The number of carbonyl (C=O) groups is 1. The molecule has 2 heterocycles. The minimum Gasteiger partial charge on any atom is -0.369 e. The maximum atomic E-state index is 12.8. The predicted molar refractivity (Wildman–Crippen MR) is 119 cm³/mol. The van der Waals surface area contributed by atoms with E-state index in [1.165, 1.54) is 6.07 Å². The van der Waals surface area contributed by atoms with Crippen LogP contribution in [0, 0.1) is 0 Å². The fourth-order valence-corrected chi connectivity index (χ4v) is 3.83. The third-order valence-corrected chi connectivity index (χ3v) is 5.60. The molecule has 4 rings (SSSR count). The number of benzene rings is 2. The van der Waals surface area contributed by atoms with Gasteiger partial charge in [0, 0.05) is 24.9 Å².